The first-order valence-electron chi connectivity index (χ1n) is 6.01. The van der Waals surface area contributed by atoms with Crippen molar-refractivity contribution in [3.63, 3.8) is 0 Å². The molecule has 5 heteroatoms. The van der Waals surface area contributed by atoms with E-state index in [1.807, 2.05) is 25.1 Å². The van der Waals surface area contributed by atoms with E-state index in [1.54, 1.807) is 25.1 Å². The van der Waals surface area contributed by atoms with Gasteiger partial charge in [0.2, 0.25) is 0 Å². The summed E-state index contributed by atoms with van der Waals surface area (Å²) in [6.45, 7) is 2.44. The Morgan fingerprint density at radius 2 is 2.16 bits per heavy atom. The Bertz CT molecular complexity index is 560. The van der Waals surface area contributed by atoms with Crippen LogP contribution in [0.3, 0.4) is 0 Å². The van der Waals surface area contributed by atoms with Gasteiger partial charge in [0.15, 0.2) is 5.16 Å². The molecule has 2 rings (SSSR count). The molecule has 19 heavy (non-hydrogen) atoms. The lowest BCUT2D eigenvalue weighted by Gasteiger charge is -2.08. The van der Waals surface area contributed by atoms with Gasteiger partial charge in [-0.25, -0.2) is 9.97 Å². The summed E-state index contributed by atoms with van der Waals surface area (Å²) < 4.78 is 5.26. The number of methoxy groups -OCH3 is 1. The van der Waals surface area contributed by atoms with Gasteiger partial charge in [-0.1, -0.05) is 17.8 Å². The van der Waals surface area contributed by atoms with E-state index >= 15 is 0 Å². The van der Waals surface area contributed by atoms with E-state index in [2.05, 4.69) is 16.0 Å². The zero-order valence-electron chi connectivity index (χ0n) is 11.1. The molecule has 0 aliphatic rings. The molecule has 0 aliphatic carbocycles. The molecule has 0 atom stereocenters. The van der Waals surface area contributed by atoms with Crippen LogP contribution in [0.4, 0.5) is 0 Å². The highest BCUT2D eigenvalue weighted by atomic mass is 32.2. The van der Waals surface area contributed by atoms with Crippen LogP contribution in [0.25, 0.3) is 0 Å². The van der Waals surface area contributed by atoms with Crippen LogP contribution in [0, 0.1) is 6.92 Å². The van der Waals surface area contributed by atoms with E-state index in [0.29, 0.717) is 6.54 Å². The maximum Gasteiger partial charge on any atom is 0.188 e. The summed E-state index contributed by atoms with van der Waals surface area (Å²) in [7, 11) is 1.66. The van der Waals surface area contributed by atoms with E-state index in [9.17, 15) is 0 Å². The molecule has 0 fully saturated rings. The number of aromatic nitrogens is 2. The first-order valence-corrected chi connectivity index (χ1v) is 7.00. The first kappa shape index (κ1) is 13.8. The van der Waals surface area contributed by atoms with Gasteiger partial charge in [-0.2, -0.15) is 0 Å². The van der Waals surface area contributed by atoms with Crippen LogP contribution in [-0.2, 0) is 12.3 Å². The topological polar surface area (TPSA) is 61.0 Å². The van der Waals surface area contributed by atoms with Gasteiger partial charge in [0.1, 0.15) is 5.75 Å². The predicted molar refractivity (Wildman–Crippen MR) is 77.2 cm³/mol. The number of nitrogens with two attached hydrogens (primary N) is 1. The minimum Gasteiger partial charge on any atom is -0.496 e. The summed E-state index contributed by atoms with van der Waals surface area (Å²) in [5, 5.41) is 0.796. The number of hydrogen-bond donors (Lipinski definition) is 1. The van der Waals surface area contributed by atoms with E-state index in [1.165, 1.54) is 5.56 Å². The smallest absolute Gasteiger partial charge is 0.188 e. The van der Waals surface area contributed by atoms with Crippen LogP contribution in [-0.4, -0.2) is 17.1 Å². The van der Waals surface area contributed by atoms with Crippen molar-refractivity contribution in [2.24, 2.45) is 5.73 Å². The van der Waals surface area contributed by atoms with E-state index in [4.69, 9.17) is 10.5 Å². The highest BCUT2D eigenvalue weighted by molar-refractivity contribution is 7.98. The summed E-state index contributed by atoms with van der Waals surface area (Å²) in [4.78, 5) is 8.60. The maximum atomic E-state index is 5.71. The highest BCUT2D eigenvalue weighted by Gasteiger charge is 2.04. The third-order valence-corrected chi connectivity index (χ3v) is 3.64. The van der Waals surface area contributed by atoms with Gasteiger partial charge in [0, 0.05) is 29.8 Å². The Kier molecular flexibility index (Phi) is 4.76. The van der Waals surface area contributed by atoms with Crippen molar-refractivity contribution in [1.29, 1.82) is 0 Å². The zero-order chi connectivity index (χ0) is 13.7. The molecular weight excluding hydrogens is 258 g/mol. The standard InChI is InChI=1S/C14H17N3OS/c1-10-5-6-16-14(17-10)19-9-11-3-4-13(18-2)12(7-11)8-15/h3-7H,8-9,15H2,1-2H3. The number of aryl methyl sites for hydroxylation is 1. The van der Waals surface area contributed by atoms with Crippen molar-refractivity contribution in [1.82, 2.24) is 9.97 Å². The Balaban J connectivity index is 2.07. The third kappa shape index (κ3) is 3.68. The summed E-state index contributed by atoms with van der Waals surface area (Å²) in [5.41, 5.74) is 8.90. The molecule has 0 saturated heterocycles. The molecule has 0 unspecified atom stereocenters. The van der Waals surface area contributed by atoms with E-state index in [0.717, 1.165) is 27.9 Å². The lowest BCUT2D eigenvalue weighted by molar-refractivity contribution is 0.409. The van der Waals surface area contributed by atoms with Gasteiger partial charge in [0.25, 0.3) is 0 Å². The predicted octanol–water partition coefficient (Wildman–Crippen LogP) is 2.54. The second-order valence-corrected chi connectivity index (χ2v) is 5.06. The monoisotopic (exact) mass is 275 g/mol. The van der Waals surface area contributed by atoms with Crippen molar-refractivity contribution < 1.29 is 4.74 Å². The number of benzene rings is 1. The van der Waals surface area contributed by atoms with Gasteiger partial charge in [-0.3, -0.25) is 0 Å². The Labute approximate surface area is 117 Å². The van der Waals surface area contributed by atoms with E-state index < -0.39 is 0 Å². The Morgan fingerprint density at radius 1 is 1.32 bits per heavy atom. The first-order chi connectivity index (χ1) is 9.22. The van der Waals surface area contributed by atoms with Gasteiger partial charge in [-0.15, -0.1) is 0 Å². The fraction of sp³-hybridized carbons (Fsp3) is 0.286. The molecular formula is C14H17N3OS. The molecule has 4 nitrogen and oxygen atoms in total. The Morgan fingerprint density at radius 3 is 2.84 bits per heavy atom. The number of hydrogen-bond acceptors (Lipinski definition) is 5. The molecule has 0 bridgehead atoms. The molecule has 1 heterocycles. The molecule has 0 saturated carbocycles. The van der Waals surface area contributed by atoms with Crippen molar-refractivity contribution in [2.45, 2.75) is 24.4 Å². The largest absolute Gasteiger partial charge is 0.496 e. The molecule has 0 aliphatic heterocycles. The van der Waals surface area contributed by atoms with Crippen molar-refractivity contribution in [3.8, 4) is 5.75 Å². The Hall–Kier alpha value is -1.59. The van der Waals surface area contributed by atoms with Crippen molar-refractivity contribution in [2.75, 3.05) is 7.11 Å². The highest BCUT2D eigenvalue weighted by Crippen LogP contribution is 2.24. The summed E-state index contributed by atoms with van der Waals surface area (Å²) in [6, 6.07) is 7.96. The van der Waals surface area contributed by atoms with Gasteiger partial charge in [-0.05, 0) is 30.7 Å². The van der Waals surface area contributed by atoms with Crippen LogP contribution >= 0.6 is 11.8 Å². The lowest BCUT2D eigenvalue weighted by Crippen LogP contribution is -2.00. The molecule has 2 aromatic rings. The average Bonchev–Trinajstić information content (AvgIpc) is 2.45. The number of nitrogens with zero attached hydrogens (tertiary/aromatic N) is 2. The van der Waals surface area contributed by atoms with Crippen LogP contribution in [0.1, 0.15) is 16.8 Å². The maximum absolute atomic E-state index is 5.71. The fourth-order valence-corrected chi connectivity index (χ4v) is 2.54. The molecule has 0 spiro atoms. The molecule has 1 aromatic heterocycles. The van der Waals surface area contributed by atoms with Crippen LogP contribution in [0.15, 0.2) is 35.6 Å². The number of ether oxygens (including phenoxy) is 1. The second kappa shape index (κ2) is 6.54. The molecule has 2 N–H and O–H groups in total. The van der Waals surface area contributed by atoms with Gasteiger partial charge < -0.3 is 10.5 Å². The average molecular weight is 275 g/mol. The minimum atomic E-state index is 0.475. The van der Waals surface area contributed by atoms with Crippen molar-refractivity contribution >= 4 is 11.8 Å². The minimum absolute atomic E-state index is 0.475. The van der Waals surface area contributed by atoms with Crippen LogP contribution in [0.5, 0.6) is 5.75 Å². The third-order valence-electron chi connectivity index (χ3n) is 2.71. The van der Waals surface area contributed by atoms with Gasteiger partial charge >= 0.3 is 0 Å². The van der Waals surface area contributed by atoms with Crippen LogP contribution in [0.2, 0.25) is 0 Å². The SMILES string of the molecule is COc1ccc(CSc2nccc(C)n2)cc1CN. The molecule has 0 amide bonds. The summed E-state index contributed by atoms with van der Waals surface area (Å²) in [6.07, 6.45) is 1.78. The van der Waals surface area contributed by atoms with Crippen LogP contribution < -0.4 is 10.5 Å². The molecule has 100 valence electrons. The zero-order valence-corrected chi connectivity index (χ0v) is 11.9. The number of rotatable bonds is 5. The summed E-state index contributed by atoms with van der Waals surface area (Å²) >= 11 is 1.62. The van der Waals surface area contributed by atoms with Gasteiger partial charge in [0.05, 0.1) is 7.11 Å². The summed E-state index contributed by atoms with van der Waals surface area (Å²) in [5.74, 6) is 1.66. The van der Waals surface area contributed by atoms with Crippen molar-refractivity contribution in [3.05, 3.63) is 47.3 Å². The normalized spacial score (nSPS) is 10.5. The molecule has 1 aromatic carbocycles. The second-order valence-electron chi connectivity index (χ2n) is 4.12. The lowest BCUT2D eigenvalue weighted by atomic mass is 10.1. The molecule has 0 radical (unpaired) electrons. The van der Waals surface area contributed by atoms with E-state index in [-0.39, 0.29) is 0 Å². The fourth-order valence-electron chi connectivity index (χ4n) is 1.72. The number of thioether (sulfide) groups is 1. The quantitative estimate of drug-likeness (QED) is 0.671.